The number of carbonyl (C=O) groups excluding carboxylic acids is 1. The number of halogens is 1. The second-order valence-corrected chi connectivity index (χ2v) is 5.13. The molecule has 1 saturated carbocycles. The van der Waals surface area contributed by atoms with E-state index >= 15 is 0 Å². The molecule has 1 amide bonds. The first-order chi connectivity index (χ1) is 9.78. The van der Waals surface area contributed by atoms with E-state index in [1.54, 1.807) is 16.9 Å². The van der Waals surface area contributed by atoms with Gasteiger partial charge in [-0.25, -0.2) is 4.68 Å². The minimum atomic E-state index is -0.151. The minimum Gasteiger partial charge on any atom is -0.346 e. The zero-order valence-electron chi connectivity index (χ0n) is 11.6. The summed E-state index contributed by atoms with van der Waals surface area (Å²) < 4.78 is 1.70. The molecule has 1 fully saturated rings. The van der Waals surface area contributed by atoms with Crippen LogP contribution in [0.4, 0.5) is 0 Å². The van der Waals surface area contributed by atoms with Crippen molar-refractivity contribution in [1.29, 1.82) is 0 Å². The highest BCUT2D eigenvalue weighted by Crippen LogP contribution is 2.32. The maximum absolute atomic E-state index is 12.1. The zero-order valence-corrected chi connectivity index (χ0v) is 12.4. The van der Waals surface area contributed by atoms with Gasteiger partial charge in [0.05, 0.1) is 5.69 Å². The second-order valence-electron chi connectivity index (χ2n) is 5.13. The summed E-state index contributed by atoms with van der Waals surface area (Å²) in [6.45, 7) is 0.482. The van der Waals surface area contributed by atoms with E-state index in [1.807, 2.05) is 30.3 Å². The number of para-hydroxylation sites is 1. The Morgan fingerprint density at radius 1 is 1.33 bits per heavy atom. The summed E-state index contributed by atoms with van der Waals surface area (Å²) in [7, 11) is 0. The summed E-state index contributed by atoms with van der Waals surface area (Å²) in [5.74, 6) is 0.391. The van der Waals surface area contributed by atoms with E-state index in [2.05, 4.69) is 10.4 Å². The Bertz CT molecular complexity index is 595. The SMILES string of the molecule is Cl.NCC(NC(=O)c1ccn(-c2ccccc2)n1)C1CC1. The van der Waals surface area contributed by atoms with Gasteiger partial charge in [-0.3, -0.25) is 4.79 Å². The third-order valence-electron chi connectivity index (χ3n) is 3.60. The Morgan fingerprint density at radius 2 is 2.05 bits per heavy atom. The predicted octanol–water partition coefficient (Wildman–Crippen LogP) is 1.76. The molecular formula is C15H19ClN4O. The molecule has 3 N–H and O–H groups in total. The van der Waals surface area contributed by atoms with Crippen LogP contribution in [0, 0.1) is 5.92 Å². The van der Waals surface area contributed by atoms with Gasteiger partial charge in [0.25, 0.3) is 5.91 Å². The van der Waals surface area contributed by atoms with Gasteiger partial charge in [-0.2, -0.15) is 5.10 Å². The average Bonchev–Trinajstić information content (AvgIpc) is 3.21. The van der Waals surface area contributed by atoms with Crippen molar-refractivity contribution in [3.8, 4) is 5.69 Å². The molecule has 1 aromatic carbocycles. The fourth-order valence-corrected chi connectivity index (χ4v) is 2.28. The Kier molecular flexibility index (Phi) is 4.98. The molecule has 0 aliphatic heterocycles. The van der Waals surface area contributed by atoms with Crippen molar-refractivity contribution in [3.63, 3.8) is 0 Å². The van der Waals surface area contributed by atoms with Gasteiger partial charge in [-0.05, 0) is 37.0 Å². The molecule has 1 aromatic heterocycles. The lowest BCUT2D eigenvalue weighted by molar-refractivity contribution is 0.0928. The van der Waals surface area contributed by atoms with Crippen molar-refractivity contribution in [1.82, 2.24) is 15.1 Å². The number of benzene rings is 1. The van der Waals surface area contributed by atoms with Crippen LogP contribution >= 0.6 is 12.4 Å². The maximum Gasteiger partial charge on any atom is 0.272 e. The number of hydrogen-bond donors (Lipinski definition) is 2. The number of nitrogens with two attached hydrogens (primary N) is 1. The van der Waals surface area contributed by atoms with E-state index in [-0.39, 0.29) is 24.4 Å². The molecule has 0 spiro atoms. The summed E-state index contributed by atoms with van der Waals surface area (Å²) >= 11 is 0. The highest BCUT2D eigenvalue weighted by molar-refractivity contribution is 5.92. The number of amides is 1. The van der Waals surface area contributed by atoms with Gasteiger partial charge >= 0.3 is 0 Å². The lowest BCUT2D eigenvalue weighted by Crippen LogP contribution is -2.41. The first-order valence-corrected chi connectivity index (χ1v) is 6.90. The third kappa shape index (κ3) is 3.62. The lowest BCUT2D eigenvalue weighted by Gasteiger charge is -2.14. The fourth-order valence-electron chi connectivity index (χ4n) is 2.28. The van der Waals surface area contributed by atoms with E-state index in [0.29, 0.717) is 18.2 Å². The Morgan fingerprint density at radius 3 is 2.67 bits per heavy atom. The van der Waals surface area contributed by atoms with Crippen LogP contribution in [-0.4, -0.2) is 28.3 Å². The molecule has 21 heavy (non-hydrogen) atoms. The van der Waals surface area contributed by atoms with Crippen molar-refractivity contribution in [2.75, 3.05) is 6.54 Å². The van der Waals surface area contributed by atoms with Crippen molar-refractivity contribution in [2.24, 2.45) is 11.7 Å². The van der Waals surface area contributed by atoms with Gasteiger partial charge in [-0.1, -0.05) is 18.2 Å². The van der Waals surface area contributed by atoms with Crippen molar-refractivity contribution < 1.29 is 4.79 Å². The predicted molar refractivity (Wildman–Crippen MR) is 83.8 cm³/mol. The molecule has 2 aromatic rings. The van der Waals surface area contributed by atoms with Crippen LogP contribution in [0.3, 0.4) is 0 Å². The molecule has 5 nitrogen and oxygen atoms in total. The van der Waals surface area contributed by atoms with Crippen LogP contribution < -0.4 is 11.1 Å². The molecule has 1 unspecified atom stereocenters. The number of carbonyl (C=O) groups is 1. The van der Waals surface area contributed by atoms with Gasteiger partial charge in [0.15, 0.2) is 5.69 Å². The smallest absolute Gasteiger partial charge is 0.272 e. The number of aromatic nitrogens is 2. The number of hydrogen-bond acceptors (Lipinski definition) is 3. The van der Waals surface area contributed by atoms with Gasteiger partial charge in [0.2, 0.25) is 0 Å². The van der Waals surface area contributed by atoms with Gasteiger partial charge in [0, 0.05) is 18.8 Å². The van der Waals surface area contributed by atoms with E-state index in [4.69, 9.17) is 5.73 Å². The van der Waals surface area contributed by atoms with Gasteiger partial charge < -0.3 is 11.1 Å². The maximum atomic E-state index is 12.1. The Labute approximate surface area is 129 Å². The van der Waals surface area contributed by atoms with Crippen molar-refractivity contribution >= 4 is 18.3 Å². The standard InChI is InChI=1S/C15H18N4O.ClH/c16-10-14(11-6-7-11)17-15(20)13-8-9-19(18-13)12-4-2-1-3-5-12;/h1-5,8-9,11,14H,6-7,10,16H2,(H,17,20);1H. The molecule has 1 heterocycles. The summed E-state index contributed by atoms with van der Waals surface area (Å²) in [5, 5.41) is 7.28. The van der Waals surface area contributed by atoms with Crippen LogP contribution in [0.1, 0.15) is 23.3 Å². The van der Waals surface area contributed by atoms with E-state index in [1.165, 1.54) is 0 Å². The highest BCUT2D eigenvalue weighted by Gasteiger charge is 2.31. The minimum absolute atomic E-state index is 0. The van der Waals surface area contributed by atoms with Gasteiger partial charge in [0.1, 0.15) is 0 Å². The summed E-state index contributed by atoms with van der Waals surface area (Å²) in [5.41, 5.74) is 7.05. The normalized spacial score (nSPS) is 15.1. The van der Waals surface area contributed by atoms with E-state index in [9.17, 15) is 4.79 Å². The van der Waals surface area contributed by atoms with Crippen LogP contribution in [0.2, 0.25) is 0 Å². The average molecular weight is 307 g/mol. The zero-order chi connectivity index (χ0) is 13.9. The van der Waals surface area contributed by atoms with E-state index in [0.717, 1.165) is 18.5 Å². The molecule has 0 radical (unpaired) electrons. The van der Waals surface area contributed by atoms with E-state index < -0.39 is 0 Å². The molecule has 1 aliphatic carbocycles. The molecule has 1 atom stereocenters. The lowest BCUT2D eigenvalue weighted by atomic mass is 10.2. The highest BCUT2D eigenvalue weighted by atomic mass is 35.5. The summed E-state index contributed by atoms with van der Waals surface area (Å²) in [6, 6.07) is 11.5. The second kappa shape index (κ2) is 6.74. The van der Waals surface area contributed by atoms with Crippen molar-refractivity contribution in [3.05, 3.63) is 48.3 Å². The topological polar surface area (TPSA) is 72.9 Å². The van der Waals surface area contributed by atoms with Crippen LogP contribution in [-0.2, 0) is 0 Å². The molecule has 0 bridgehead atoms. The molecule has 6 heteroatoms. The molecule has 112 valence electrons. The summed E-state index contributed by atoms with van der Waals surface area (Å²) in [4.78, 5) is 12.1. The molecular weight excluding hydrogens is 288 g/mol. The first-order valence-electron chi connectivity index (χ1n) is 6.90. The molecule has 0 saturated heterocycles. The monoisotopic (exact) mass is 306 g/mol. The fraction of sp³-hybridized carbons (Fsp3) is 0.333. The van der Waals surface area contributed by atoms with Gasteiger partial charge in [-0.15, -0.1) is 12.4 Å². The van der Waals surface area contributed by atoms with Crippen LogP contribution in [0.15, 0.2) is 42.6 Å². The Balaban J connectivity index is 0.00000161. The number of rotatable bonds is 5. The summed E-state index contributed by atoms with van der Waals surface area (Å²) in [6.07, 6.45) is 4.10. The molecule has 1 aliphatic rings. The number of nitrogens with zero attached hydrogens (tertiary/aromatic N) is 2. The third-order valence-corrected chi connectivity index (χ3v) is 3.60. The number of nitrogens with one attached hydrogen (secondary N) is 1. The quantitative estimate of drug-likeness (QED) is 0.884. The first kappa shape index (κ1) is 15.5. The van der Waals surface area contributed by atoms with Crippen LogP contribution in [0.5, 0.6) is 0 Å². The molecule has 3 rings (SSSR count). The van der Waals surface area contributed by atoms with Crippen molar-refractivity contribution in [2.45, 2.75) is 18.9 Å². The van der Waals surface area contributed by atoms with Crippen LogP contribution in [0.25, 0.3) is 5.69 Å². The Hall–Kier alpha value is -1.85. The largest absolute Gasteiger partial charge is 0.346 e.